The average Bonchev–Trinajstić information content (AvgIpc) is 2.74. The van der Waals surface area contributed by atoms with Crippen LogP contribution in [0.4, 0.5) is 13.2 Å². The quantitative estimate of drug-likeness (QED) is 0.274. The lowest BCUT2D eigenvalue weighted by molar-refractivity contribution is -0.274. The van der Waals surface area contributed by atoms with Gasteiger partial charge in [0.25, 0.3) is 0 Å². The summed E-state index contributed by atoms with van der Waals surface area (Å²) in [5, 5.41) is 1.75. The highest BCUT2D eigenvalue weighted by molar-refractivity contribution is 6.39. The van der Waals surface area contributed by atoms with E-state index in [1.807, 2.05) is 31.2 Å². The molecular formula is C24H15Cl3F3NO2. The summed E-state index contributed by atoms with van der Waals surface area (Å²) in [5.41, 5.74) is 4.23. The number of aryl methyl sites for hydroxylation is 1. The second-order valence-corrected chi connectivity index (χ2v) is 8.35. The molecule has 0 aliphatic rings. The third kappa shape index (κ3) is 4.83. The third-order valence-electron chi connectivity index (χ3n) is 5.03. The number of hydrogen-bond donors (Lipinski definition) is 0. The van der Waals surface area contributed by atoms with Crippen molar-refractivity contribution in [2.24, 2.45) is 0 Å². The van der Waals surface area contributed by atoms with E-state index in [-0.39, 0.29) is 10.8 Å². The van der Waals surface area contributed by atoms with Crippen LogP contribution in [0.15, 0.2) is 54.6 Å². The molecule has 4 aromatic rings. The van der Waals surface area contributed by atoms with Crippen molar-refractivity contribution in [3.8, 4) is 33.8 Å². The lowest BCUT2D eigenvalue weighted by atomic mass is 9.98. The van der Waals surface area contributed by atoms with Gasteiger partial charge >= 0.3 is 6.36 Å². The van der Waals surface area contributed by atoms with Crippen LogP contribution < -0.4 is 9.47 Å². The molecule has 0 unspecified atom stereocenters. The predicted octanol–water partition coefficient (Wildman–Crippen LogP) is 8.74. The van der Waals surface area contributed by atoms with Gasteiger partial charge in [-0.25, -0.2) is 0 Å². The third-order valence-corrected chi connectivity index (χ3v) is 6.04. The summed E-state index contributed by atoms with van der Waals surface area (Å²) < 4.78 is 46.5. The molecule has 0 bridgehead atoms. The van der Waals surface area contributed by atoms with Gasteiger partial charge in [0.2, 0.25) is 0 Å². The van der Waals surface area contributed by atoms with Gasteiger partial charge in [0.05, 0.1) is 27.7 Å². The Hall–Kier alpha value is -2.67. The second-order valence-electron chi connectivity index (χ2n) is 7.16. The van der Waals surface area contributed by atoms with Gasteiger partial charge in [0.1, 0.15) is 11.5 Å². The Morgan fingerprint density at radius 1 is 0.848 bits per heavy atom. The molecule has 0 aliphatic carbocycles. The van der Waals surface area contributed by atoms with Gasteiger partial charge in [0, 0.05) is 28.3 Å². The van der Waals surface area contributed by atoms with Gasteiger partial charge in [-0.15, -0.1) is 13.2 Å². The number of halogens is 6. The minimum Gasteiger partial charge on any atom is -0.495 e. The zero-order valence-corrected chi connectivity index (χ0v) is 19.5. The average molecular weight is 513 g/mol. The standard InChI is InChI=1S/C24H15Cl3F3NO2/c1-12-22(23(27)17-10-19(26)21(32-2)11-20(17)31-12)14-5-3-13(4-6-14)16-8-7-15(9-18(16)25)33-24(28,29)30/h3-11H,1-2H3. The number of fused-ring (bicyclic) bond motifs is 1. The van der Waals surface area contributed by atoms with Crippen molar-refractivity contribution in [2.45, 2.75) is 13.3 Å². The van der Waals surface area contributed by atoms with Crippen LogP contribution in [0.1, 0.15) is 5.69 Å². The van der Waals surface area contributed by atoms with Crippen LogP contribution in [0, 0.1) is 6.92 Å². The van der Waals surface area contributed by atoms with Crippen LogP contribution in [0.2, 0.25) is 15.1 Å². The van der Waals surface area contributed by atoms with E-state index in [1.165, 1.54) is 19.2 Å². The highest BCUT2D eigenvalue weighted by atomic mass is 35.5. The molecule has 1 heterocycles. The maximum absolute atomic E-state index is 12.4. The van der Waals surface area contributed by atoms with E-state index < -0.39 is 6.36 Å². The Morgan fingerprint density at radius 3 is 2.12 bits per heavy atom. The monoisotopic (exact) mass is 511 g/mol. The smallest absolute Gasteiger partial charge is 0.495 e. The Morgan fingerprint density at radius 2 is 1.52 bits per heavy atom. The maximum Gasteiger partial charge on any atom is 0.573 e. The van der Waals surface area contributed by atoms with Crippen molar-refractivity contribution >= 4 is 45.7 Å². The molecule has 0 N–H and O–H groups in total. The first-order valence-corrected chi connectivity index (χ1v) is 10.7. The van der Waals surface area contributed by atoms with Crippen LogP contribution in [0.5, 0.6) is 11.5 Å². The van der Waals surface area contributed by atoms with E-state index in [0.29, 0.717) is 32.3 Å². The molecule has 1 aromatic heterocycles. The fourth-order valence-electron chi connectivity index (χ4n) is 3.58. The van der Waals surface area contributed by atoms with Crippen molar-refractivity contribution in [1.29, 1.82) is 0 Å². The molecule has 0 saturated heterocycles. The van der Waals surface area contributed by atoms with Gasteiger partial charge in [0.15, 0.2) is 0 Å². The molecule has 33 heavy (non-hydrogen) atoms. The Bertz CT molecular complexity index is 1360. The van der Waals surface area contributed by atoms with E-state index in [1.54, 1.807) is 12.1 Å². The Balaban J connectivity index is 1.72. The number of methoxy groups -OCH3 is 1. The highest BCUT2D eigenvalue weighted by Gasteiger charge is 2.31. The van der Waals surface area contributed by atoms with Crippen LogP contribution in [0.3, 0.4) is 0 Å². The van der Waals surface area contributed by atoms with Gasteiger partial charge in [-0.2, -0.15) is 0 Å². The summed E-state index contributed by atoms with van der Waals surface area (Å²) in [7, 11) is 1.53. The van der Waals surface area contributed by atoms with Crippen LogP contribution in [0.25, 0.3) is 33.2 Å². The van der Waals surface area contributed by atoms with Gasteiger partial charge in [-0.1, -0.05) is 59.1 Å². The van der Waals surface area contributed by atoms with Crippen molar-refractivity contribution in [1.82, 2.24) is 4.98 Å². The summed E-state index contributed by atoms with van der Waals surface area (Å²) in [5.74, 6) is 0.126. The minimum absolute atomic E-state index is 0.134. The zero-order chi connectivity index (χ0) is 23.9. The molecule has 0 amide bonds. The summed E-state index contributed by atoms with van der Waals surface area (Å²) in [6.45, 7) is 1.85. The summed E-state index contributed by atoms with van der Waals surface area (Å²) >= 11 is 19.2. The van der Waals surface area contributed by atoms with Gasteiger partial charge in [-0.3, -0.25) is 4.98 Å². The molecule has 0 fully saturated rings. The second kappa shape index (κ2) is 8.93. The van der Waals surface area contributed by atoms with Crippen molar-refractivity contribution < 1.29 is 22.6 Å². The predicted molar refractivity (Wildman–Crippen MR) is 126 cm³/mol. The first-order chi connectivity index (χ1) is 15.6. The van der Waals surface area contributed by atoms with Crippen molar-refractivity contribution in [3.63, 3.8) is 0 Å². The Labute approximate surface area is 202 Å². The van der Waals surface area contributed by atoms with Gasteiger partial charge < -0.3 is 9.47 Å². The Kier molecular flexibility index (Phi) is 6.36. The first kappa shape index (κ1) is 23.5. The highest BCUT2D eigenvalue weighted by Crippen LogP contribution is 2.40. The summed E-state index contributed by atoms with van der Waals surface area (Å²) in [6.07, 6.45) is -4.78. The fraction of sp³-hybridized carbons (Fsp3) is 0.125. The summed E-state index contributed by atoms with van der Waals surface area (Å²) in [6, 6.07) is 14.6. The molecule has 3 nitrogen and oxygen atoms in total. The number of benzene rings is 3. The lowest BCUT2D eigenvalue weighted by Gasteiger charge is -2.14. The summed E-state index contributed by atoms with van der Waals surface area (Å²) in [4.78, 5) is 4.65. The molecule has 4 rings (SSSR count). The molecule has 170 valence electrons. The van der Waals surface area contributed by atoms with Crippen molar-refractivity contribution in [3.05, 3.63) is 75.4 Å². The largest absolute Gasteiger partial charge is 0.573 e. The number of pyridine rings is 1. The number of ether oxygens (including phenoxy) is 2. The van der Waals surface area contributed by atoms with Crippen LogP contribution >= 0.6 is 34.8 Å². The molecule has 0 aliphatic heterocycles. The number of hydrogen-bond acceptors (Lipinski definition) is 3. The molecule has 3 aromatic carbocycles. The van der Waals surface area contributed by atoms with E-state index in [2.05, 4.69) is 9.72 Å². The van der Waals surface area contributed by atoms with Crippen LogP contribution in [-0.4, -0.2) is 18.5 Å². The van der Waals surface area contributed by atoms with Crippen molar-refractivity contribution in [2.75, 3.05) is 7.11 Å². The number of alkyl halides is 3. The topological polar surface area (TPSA) is 31.4 Å². The van der Waals surface area contributed by atoms with E-state index in [4.69, 9.17) is 39.5 Å². The first-order valence-electron chi connectivity index (χ1n) is 9.57. The number of rotatable bonds is 4. The SMILES string of the molecule is COc1cc2nc(C)c(-c3ccc(-c4ccc(OC(F)(F)F)cc4Cl)cc3)c(Cl)c2cc1Cl. The zero-order valence-electron chi connectivity index (χ0n) is 17.2. The van der Waals surface area contributed by atoms with Gasteiger partial charge in [-0.05, 0) is 42.3 Å². The molecule has 9 heteroatoms. The van der Waals surface area contributed by atoms with E-state index in [0.717, 1.165) is 28.5 Å². The van der Waals surface area contributed by atoms with Crippen LogP contribution in [-0.2, 0) is 0 Å². The molecule has 0 radical (unpaired) electrons. The van der Waals surface area contributed by atoms with E-state index in [9.17, 15) is 13.2 Å². The number of nitrogens with zero attached hydrogens (tertiary/aromatic N) is 1. The lowest BCUT2D eigenvalue weighted by Crippen LogP contribution is -2.17. The maximum atomic E-state index is 12.4. The molecule has 0 atom stereocenters. The molecular weight excluding hydrogens is 498 g/mol. The molecule has 0 saturated carbocycles. The normalized spacial score (nSPS) is 11.6. The fourth-order valence-corrected chi connectivity index (χ4v) is 4.49. The minimum atomic E-state index is -4.78. The molecule has 0 spiro atoms. The van der Waals surface area contributed by atoms with E-state index >= 15 is 0 Å². The number of aromatic nitrogens is 1.